The third-order valence-electron chi connectivity index (χ3n) is 4.19. The lowest BCUT2D eigenvalue weighted by Crippen LogP contribution is -2.27. The minimum atomic E-state index is -0.577. The fourth-order valence-corrected chi connectivity index (χ4v) is 2.98. The van der Waals surface area contributed by atoms with Crippen molar-refractivity contribution in [3.8, 4) is 0 Å². The van der Waals surface area contributed by atoms with Crippen molar-refractivity contribution in [1.82, 2.24) is 0 Å². The summed E-state index contributed by atoms with van der Waals surface area (Å²) in [5.74, 6) is -0.0548. The van der Waals surface area contributed by atoms with Crippen molar-refractivity contribution in [1.29, 1.82) is 0 Å². The summed E-state index contributed by atoms with van der Waals surface area (Å²) < 4.78 is 5.70. The molecule has 0 aliphatic carbocycles. The Morgan fingerprint density at radius 3 is 2.35 bits per heavy atom. The lowest BCUT2D eigenvalue weighted by molar-refractivity contribution is -0.148. The maximum absolute atomic E-state index is 11.9. The zero-order chi connectivity index (χ0) is 14.2. The molecule has 2 heteroatoms. The Morgan fingerprint density at radius 2 is 1.70 bits per heavy atom. The summed E-state index contributed by atoms with van der Waals surface area (Å²) in [5, 5.41) is 0. The second kappa shape index (κ2) is 4.78. The summed E-state index contributed by atoms with van der Waals surface area (Å²) in [7, 11) is 0. The first-order valence-corrected chi connectivity index (χ1v) is 6.93. The molecular formula is C18H18O2. The quantitative estimate of drug-likeness (QED) is 0.770. The molecule has 0 N–H and O–H groups in total. The van der Waals surface area contributed by atoms with E-state index in [2.05, 4.69) is 43.3 Å². The number of benzene rings is 2. The van der Waals surface area contributed by atoms with Crippen molar-refractivity contribution in [3.63, 3.8) is 0 Å². The molecule has 1 aliphatic heterocycles. The van der Waals surface area contributed by atoms with Gasteiger partial charge in [0.05, 0.1) is 6.42 Å². The van der Waals surface area contributed by atoms with Crippen LogP contribution < -0.4 is 0 Å². The van der Waals surface area contributed by atoms with Crippen LogP contribution in [0.15, 0.2) is 54.6 Å². The normalized spacial score (nSPS) is 25.5. The Hall–Kier alpha value is -2.09. The van der Waals surface area contributed by atoms with Crippen LogP contribution in [0.2, 0.25) is 0 Å². The van der Waals surface area contributed by atoms with Gasteiger partial charge < -0.3 is 4.74 Å². The number of rotatable bonds is 2. The highest BCUT2D eigenvalue weighted by Crippen LogP contribution is 2.47. The predicted molar refractivity (Wildman–Crippen MR) is 78.4 cm³/mol. The van der Waals surface area contributed by atoms with Crippen LogP contribution >= 0.6 is 0 Å². The molecule has 1 heterocycles. The van der Waals surface area contributed by atoms with Gasteiger partial charge in [-0.25, -0.2) is 0 Å². The molecule has 0 amide bonds. The van der Waals surface area contributed by atoms with E-state index >= 15 is 0 Å². The molecule has 2 atom stereocenters. The van der Waals surface area contributed by atoms with Crippen molar-refractivity contribution >= 4 is 5.97 Å². The summed E-state index contributed by atoms with van der Waals surface area (Å²) in [6, 6.07) is 18.4. The Morgan fingerprint density at radius 1 is 1.05 bits per heavy atom. The minimum Gasteiger partial charge on any atom is -0.454 e. The molecule has 1 saturated heterocycles. The number of cyclic esters (lactones) is 1. The SMILES string of the molecule is Cc1ccc([C@]2(C)OC(=O)C[C@H]2c2ccccc2)cc1. The largest absolute Gasteiger partial charge is 0.454 e. The van der Waals surface area contributed by atoms with E-state index in [1.54, 1.807) is 0 Å². The highest BCUT2D eigenvalue weighted by molar-refractivity contribution is 5.75. The minimum absolute atomic E-state index is 0.0684. The number of ether oxygens (including phenoxy) is 1. The average Bonchev–Trinajstić information content (AvgIpc) is 2.77. The van der Waals surface area contributed by atoms with Crippen LogP contribution in [0.5, 0.6) is 0 Å². The van der Waals surface area contributed by atoms with Gasteiger partial charge in [-0.05, 0) is 25.0 Å². The third-order valence-corrected chi connectivity index (χ3v) is 4.19. The van der Waals surface area contributed by atoms with E-state index in [0.717, 1.165) is 11.1 Å². The van der Waals surface area contributed by atoms with Crippen molar-refractivity contribution in [2.24, 2.45) is 0 Å². The first-order valence-electron chi connectivity index (χ1n) is 6.93. The average molecular weight is 266 g/mol. The van der Waals surface area contributed by atoms with E-state index < -0.39 is 5.60 Å². The van der Waals surface area contributed by atoms with Gasteiger partial charge in [-0.15, -0.1) is 0 Å². The molecule has 0 aromatic heterocycles. The fourth-order valence-electron chi connectivity index (χ4n) is 2.98. The zero-order valence-corrected chi connectivity index (χ0v) is 11.8. The molecule has 2 aromatic carbocycles. The Kier molecular flexibility index (Phi) is 3.09. The molecule has 0 radical (unpaired) electrons. The highest BCUT2D eigenvalue weighted by atomic mass is 16.6. The highest BCUT2D eigenvalue weighted by Gasteiger charge is 2.47. The maximum atomic E-state index is 11.9. The van der Waals surface area contributed by atoms with Crippen LogP contribution in [-0.4, -0.2) is 5.97 Å². The Balaban J connectivity index is 2.05. The van der Waals surface area contributed by atoms with Crippen molar-refractivity contribution < 1.29 is 9.53 Å². The molecule has 1 fully saturated rings. The second-order valence-corrected chi connectivity index (χ2v) is 5.61. The summed E-state index contributed by atoms with van der Waals surface area (Å²) in [6.07, 6.45) is 0.439. The first kappa shape index (κ1) is 12.9. The lowest BCUT2D eigenvalue weighted by Gasteiger charge is -2.30. The lowest BCUT2D eigenvalue weighted by atomic mass is 9.78. The van der Waals surface area contributed by atoms with Crippen molar-refractivity contribution in [3.05, 3.63) is 71.3 Å². The summed E-state index contributed by atoms with van der Waals surface area (Å²) in [5.41, 5.74) is 2.84. The molecule has 0 unspecified atom stereocenters. The Labute approximate surface area is 119 Å². The van der Waals surface area contributed by atoms with Gasteiger partial charge in [0.25, 0.3) is 0 Å². The van der Waals surface area contributed by atoms with Gasteiger partial charge in [-0.1, -0.05) is 60.2 Å². The topological polar surface area (TPSA) is 26.3 Å². The van der Waals surface area contributed by atoms with Gasteiger partial charge in [0.15, 0.2) is 0 Å². The van der Waals surface area contributed by atoms with E-state index in [4.69, 9.17) is 4.74 Å². The van der Waals surface area contributed by atoms with Gasteiger partial charge in [0, 0.05) is 5.92 Å². The van der Waals surface area contributed by atoms with Crippen LogP contribution in [0.1, 0.15) is 36.0 Å². The summed E-state index contributed by atoms with van der Waals surface area (Å²) in [6.45, 7) is 4.07. The number of esters is 1. The molecule has 102 valence electrons. The molecule has 20 heavy (non-hydrogen) atoms. The molecule has 2 aromatic rings. The number of aryl methyl sites for hydroxylation is 1. The van der Waals surface area contributed by atoms with Crippen LogP contribution in [0.3, 0.4) is 0 Å². The van der Waals surface area contributed by atoms with Crippen LogP contribution in [0.4, 0.5) is 0 Å². The van der Waals surface area contributed by atoms with Gasteiger partial charge >= 0.3 is 5.97 Å². The summed E-state index contributed by atoms with van der Waals surface area (Å²) in [4.78, 5) is 11.9. The number of carbonyl (C=O) groups excluding carboxylic acids is 1. The second-order valence-electron chi connectivity index (χ2n) is 5.61. The summed E-state index contributed by atoms with van der Waals surface area (Å²) >= 11 is 0. The fraction of sp³-hybridized carbons (Fsp3) is 0.278. The van der Waals surface area contributed by atoms with Crippen molar-refractivity contribution in [2.75, 3.05) is 0 Å². The molecule has 3 rings (SSSR count). The molecule has 1 aliphatic rings. The first-order chi connectivity index (χ1) is 9.59. The zero-order valence-electron chi connectivity index (χ0n) is 11.8. The smallest absolute Gasteiger partial charge is 0.307 e. The van der Waals surface area contributed by atoms with Gasteiger partial charge in [0.1, 0.15) is 5.60 Å². The van der Waals surface area contributed by atoms with E-state index in [-0.39, 0.29) is 11.9 Å². The molecule has 0 bridgehead atoms. The predicted octanol–water partition coefficient (Wildman–Crippen LogP) is 3.94. The van der Waals surface area contributed by atoms with Crippen LogP contribution in [-0.2, 0) is 15.1 Å². The van der Waals surface area contributed by atoms with Gasteiger partial charge in [-0.3, -0.25) is 4.79 Å². The van der Waals surface area contributed by atoms with E-state index in [1.165, 1.54) is 5.56 Å². The van der Waals surface area contributed by atoms with Crippen LogP contribution in [0, 0.1) is 6.92 Å². The number of carbonyl (C=O) groups is 1. The van der Waals surface area contributed by atoms with E-state index in [0.29, 0.717) is 6.42 Å². The monoisotopic (exact) mass is 266 g/mol. The molecule has 0 saturated carbocycles. The van der Waals surface area contributed by atoms with E-state index in [1.807, 2.05) is 25.1 Å². The number of hydrogen-bond donors (Lipinski definition) is 0. The van der Waals surface area contributed by atoms with Crippen molar-refractivity contribution in [2.45, 2.75) is 31.8 Å². The van der Waals surface area contributed by atoms with Gasteiger partial charge in [0.2, 0.25) is 0 Å². The third kappa shape index (κ3) is 2.11. The number of hydrogen-bond acceptors (Lipinski definition) is 2. The van der Waals surface area contributed by atoms with Crippen LogP contribution in [0.25, 0.3) is 0 Å². The van der Waals surface area contributed by atoms with E-state index in [9.17, 15) is 4.79 Å². The standard InChI is InChI=1S/C18H18O2/c1-13-8-10-15(11-9-13)18(2)16(12-17(19)20-18)14-6-4-3-5-7-14/h3-11,16H,12H2,1-2H3/t16-,18-/m0/s1. The Bertz CT molecular complexity index is 616. The molecule has 2 nitrogen and oxygen atoms in total. The maximum Gasteiger partial charge on any atom is 0.307 e. The molecule has 0 spiro atoms. The van der Waals surface area contributed by atoms with Gasteiger partial charge in [-0.2, -0.15) is 0 Å². The molecular weight excluding hydrogens is 248 g/mol.